The highest BCUT2D eigenvalue weighted by atomic mass is 16.6. The number of rotatable bonds is 7. The summed E-state index contributed by atoms with van der Waals surface area (Å²) in [5.74, 6) is -0.158. The Bertz CT molecular complexity index is 615. The van der Waals surface area contributed by atoms with Gasteiger partial charge in [0, 0.05) is 30.8 Å². The van der Waals surface area contributed by atoms with Crippen LogP contribution in [0, 0.1) is 16.0 Å². The normalized spacial score (nSPS) is 23.4. The maximum Gasteiger partial charge on any atom is 0.310 e. The Labute approximate surface area is 141 Å². The topological polar surface area (TPSA) is 72.7 Å². The summed E-state index contributed by atoms with van der Waals surface area (Å²) in [5, 5.41) is 11.0. The van der Waals surface area contributed by atoms with Gasteiger partial charge in [-0.2, -0.15) is 0 Å². The fraction of sp³-hybridized carbons (Fsp3) is 0.611. The van der Waals surface area contributed by atoms with Crippen molar-refractivity contribution in [2.75, 3.05) is 6.61 Å². The lowest BCUT2D eigenvalue weighted by Crippen LogP contribution is -2.42. The van der Waals surface area contributed by atoms with Crippen molar-refractivity contribution in [3.8, 4) is 0 Å². The van der Waals surface area contributed by atoms with Gasteiger partial charge in [0.2, 0.25) is 0 Å². The molecule has 0 aromatic heterocycles. The quantitative estimate of drug-likeness (QED) is 0.435. The highest BCUT2D eigenvalue weighted by Gasteiger charge is 2.43. The van der Waals surface area contributed by atoms with E-state index in [1.807, 2.05) is 13.0 Å². The highest BCUT2D eigenvalue weighted by molar-refractivity contribution is 5.73. The standard InChI is InChI=1S/C18H24N2O4/c1-2-24-18(21)16-7-4-8-17(16)19(14-9-10-14)12-13-5-3-6-15(11-13)20(22)23/h3,5-6,11,14,16-17H,2,4,7-10,12H2,1H3. The number of benzene rings is 1. The first kappa shape index (κ1) is 16.9. The van der Waals surface area contributed by atoms with E-state index in [0.29, 0.717) is 19.2 Å². The number of ether oxygens (including phenoxy) is 1. The molecule has 0 amide bonds. The molecule has 0 bridgehead atoms. The first-order chi connectivity index (χ1) is 11.6. The molecule has 6 nitrogen and oxygen atoms in total. The van der Waals surface area contributed by atoms with Gasteiger partial charge in [0.15, 0.2) is 0 Å². The maximum absolute atomic E-state index is 12.3. The van der Waals surface area contributed by atoms with E-state index in [1.165, 1.54) is 6.07 Å². The van der Waals surface area contributed by atoms with Gasteiger partial charge < -0.3 is 4.74 Å². The Kier molecular flexibility index (Phi) is 5.14. The SMILES string of the molecule is CCOC(=O)C1CCCC1N(Cc1cccc([N+](=O)[O-])c1)C1CC1. The molecule has 0 spiro atoms. The maximum atomic E-state index is 12.3. The summed E-state index contributed by atoms with van der Waals surface area (Å²) < 4.78 is 5.25. The predicted molar refractivity (Wildman–Crippen MR) is 89.4 cm³/mol. The smallest absolute Gasteiger partial charge is 0.310 e. The number of non-ortho nitro benzene ring substituents is 1. The average Bonchev–Trinajstić information content (AvgIpc) is 3.29. The zero-order valence-electron chi connectivity index (χ0n) is 14.0. The number of esters is 1. The number of nitro benzene ring substituents is 1. The van der Waals surface area contributed by atoms with Crippen LogP contribution in [0.5, 0.6) is 0 Å². The third-order valence-corrected chi connectivity index (χ3v) is 5.00. The molecule has 0 aliphatic heterocycles. The van der Waals surface area contributed by atoms with Crippen LogP contribution in [0.4, 0.5) is 5.69 Å². The molecule has 0 saturated heterocycles. The Morgan fingerprint density at radius 2 is 2.12 bits per heavy atom. The monoisotopic (exact) mass is 332 g/mol. The first-order valence-electron chi connectivity index (χ1n) is 8.76. The van der Waals surface area contributed by atoms with Crippen molar-refractivity contribution in [1.82, 2.24) is 4.90 Å². The van der Waals surface area contributed by atoms with E-state index in [2.05, 4.69) is 4.90 Å². The molecule has 2 unspecified atom stereocenters. The van der Waals surface area contributed by atoms with E-state index in [0.717, 1.165) is 37.7 Å². The summed E-state index contributed by atoms with van der Waals surface area (Å²) in [6, 6.07) is 7.50. The second kappa shape index (κ2) is 7.30. The van der Waals surface area contributed by atoms with Gasteiger partial charge in [-0.25, -0.2) is 0 Å². The van der Waals surface area contributed by atoms with Crippen LogP contribution in [-0.2, 0) is 16.1 Å². The molecule has 24 heavy (non-hydrogen) atoms. The summed E-state index contributed by atoms with van der Waals surface area (Å²) in [5.41, 5.74) is 1.06. The number of hydrogen-bond donors (Lipinski definition) is 0. The lowest BCUT2D eigenvalue weighted by Gasteiger charge is -2.32. The Morgan fingerprint density at radius 1 is 1.33 bits per heavy atom. The van der Waals surface area contributed by atoms with E-state index >= 15 is 0 Å². The minimum Gasteiger partial charge on any atom is -0.466 e. The molecule has 2 atom stereocenters. The summed E-state index contributed by atoms with van der Waals surface area (Å²) in [4.78, 5) is 25.3. The van der Waals surface area contributed by atoms with Crippen LogP contribution in [0.2, 0.25) is 0 Å². The second-order valence-corrected chi connectivity index (χ2v) is 6.69. The molecule has 6 heteroatoms. The molecule has 2 aliphatic carbocycles. The molecule has 2 saturated carbocycles. The summed E-state index contributed by atoms with van der Waals surface area (Å²) in [7, 11) is 0. The highest BCUT2D eigenvalue weighted by Crippen LogP contribution is 2.39. The van der Waals surface area contributed by atoms with Crippen LogP contribution in [0.25, 0.3) is 0 Å². The first-order valence-corrected chi connectivity index (χ1v) is 8.76. The average molecular weight is 332 g/mol. The molecule has 2 aliphatic rings. The van der Waals surface area contributed by atoms with Crippen molar-refractivity contribution in [3.05, 3.63) is 39.9 Å². The molecule has 0 N–H and O–H groups in total. The van der Waals surface area contributed by atoms with E-state index in [4.69, 9.17) is 4.74 Å². The number of hydrogen-bond acceptors (Lipinski definition) is 5. The number of carbonyl (C=O) groups is 1. The molecule has 0 radical (unpaired) electrons. The summed E-state index contributed by atoms with van der Waals surface area (Å²) in [6.07, 6.45) is 5.19. The predicted octanol–water partition coefficient (Wildman–Crippen LogP) is 3.29. The Hall–Kier alpha value is -1.95. The second-order valence-electron chi connectivity index (χ2n) is 6.69. The van der Waals surface area contributed by atoms with Gasteiger partial charge in [-0.05, 0) is 38.2 Å². The molecule has 130 valence electrons. The van der Waals surface area contributed by atoms with Crippen LogP contribution in [-0.4, -0.2) is 34.5 Å². The minimum absolute atomic E-state index is 0.0655. The van der Waals surface area contributed by atoms with E-state index < -0.39 is 0 Å². The Balaban J connectivity index is 1.76. The van der Waals surface area contributed by atoms with Gasteiger partial charge in [-0.3, -0.25) is 19.8 Å². The number of nitrogens with zero attached hydrogens (tertiary/aromatic N) is 2. The molecule has 2 fully saturated rings. The fourth-order valence-corrected chi connectivity index (χ4v) is 3.76. The van der Waals surface area contributed by atoms with Crippen LogP contribution >= 0.6 is 0 Å². The van der Waals surface area contributed by atoms with Crippen molar-refractivity contribution >= 4 is 11.7 Å². The molecule has 1 aromatic carbocycles. The molecular formula is C18H24N2O4. The van der Waals surface area contributed by atoms with Crippen molar-refractivity contribution in [2.24, 2.45) is 5.92 Å². The molecule has 3 rings (SSSR count). The summed E-state index contributed by atoms with van der Waals surface area (Å²) >= 11 is 0. The zero-order valence-corrected chi connectivity index (χ0v) is 14.0. The van der Waals surface area contributed by atoms with Gasteiger partial charge >= 0.3 is 5.97 Å². The lowest BCUT2D eigenvalue weighted by molar-refractivity contribution is -0.384. The Morgan fingerprint density at radius 3 is 2.79 bits per heavy atom. The lowest BCUT2D eigenvalue weighted by atomic mass is 10.0. The third-order valence-electron chi connectivity index (χ3n) is 5.00. The van der Waals surface area contributed by atoms with Crippen molar-refractivity contribution in [2.45, 2.75) is 57.7 Å². The summed E-state index contributed by atoms with van der Waals surface area (Å²) in [6.45, 7) is 2.91. The number of carbonyl (C=O) groups excluding carboxylic acids is 1. The zero-order chi connectivity index (χ0) is 17.1. The van der Waals surface area contributed by atoms with Crippen molar-refractivity contribution in [1.29, 1.82) is 0 Å². The minimum atomic E-state index is -0.359. The van der Waals surface area contributed by atoms with E-state index in [9.17, 15) is 14.9 Å². The third kappa shape index (κ3) is 3.75. The van der Waals surface area contributed by atoms with Crippen molar-refractivity contribution < 1.29 is 14.5 Å². The molecular weight excluding hydrogens is 308 g/mol. The fourth-order valence-electron chi connectivity index (χ4n) is 3.76. The molecule has 0 heterocycles. The van der Waals surface area contributed by atoms with Gasteiger partial charge in [0.05, 0.1) is 17.4 Å². The molecule has 1 aromatic rings. The van der Waals surface area contributed by atoms with Crippen LogP contribution in [0.1, 0.15) is 44.6 Å². The van der Waals surface area contributed by atoms with E-state index in [-0.39, 0.29) is 28.5 Å². The largest absolute Gasteiger partial charge is 0.466 e. The van der Waals surface area contributed by atoms with Gasteiger partial charge in [0.25, 0.3) is 5.69 Å². The van der Waals surface area contributed by atoms with Crippen LogP contribution in [0.3, 0.4) is 0 Å². The van der Waals surface area contributed by atoms with Crippen LogP contribution < -0.4 is 0 Å². The van der Waals surface area contributed by atoms with Gasteiger partial charge in [-0.1, -0.05) is 18.6 Å². The van der Waals surface area contributed by atoms with E-state index in [1.54, 1.807) is 12.1 Å². The van der Waals surface area contributed by atoms with Crippen molar-refractivity contribution in [3.63, 3.8) is 0 Å². The van der Waals surface area contributed by atoms with Gasteiger partial charge in [-0.15, -0.1) is 0 Å². The van der Waals surface area contributed by atoms with Crippen LogP contribution in [0.15, 0.2) is 24.3 Å². The number of nitro groups is 1. The van der Waals surface area contributed by atoms with Gasteiger partial charge in [0.1, 0.15) is 0 Å².